The average Bonchev–Trinajstić information content (AvgIpc) is 3.92. The summed E-state index contributed by atoms with van der Waals surface area (Å²) < 4.78 is 67.5. The Morgan fingerprint density at radius 2 is 1.12 bits per heavy atom. The van der Waals surface area contributed by atoms with Gasteiger partial charge in [0.05, 0.1) is 31.9 Å². The van der Waals surface area contributed by atoms with Crippen LogP contribution >= 0.6 is 10.7 Å². The Kier molecular flexibility index (Phi) is 13.0. The van der Waals surface area contributed by atoms with Gasteiger partial charge in [-0.05, 0) is 98.2 Å². The molecule has 11 nitrogen and oxygen atoms in total. The molecule has 1 atom stereocenters. The van der Waals surface area contributed by atoms with Gasteiger partial charge in [0, 0.05) is 74.1 Å². The molecule has 0 amide bonds. The molecule has 5 aromatic rings. The Hall–Kier alpha value is -3.33. The molecule has 0 aliphatic carbocycles. The number of halogens is 1. The Morgan fingerprint density at radius 1 is 0.644 bits per heavy atom. The van der Waals surface area contributed by atoms with Crippen molar-refractivity contribution in [3.8, 4) is 0 Å². The Morgan fingerprint density at radius 3 is 1.59 bits per heavy atom. The fourth-order valence-corrected chi connectivity index (χ4v) is 11.0. The summed E-state index contributed by atoms with van der Waals surface area (Å²) in [5.74, 6) is 3.43. The predicted octanol–water partition coefficient (Wildman–Crippen LogP) is 8.70. The molecule has 0 bridgehead atoms. The van der Waals surface area contributed by atoms with Crippen LogP contribution in [0.2, 0.25) is 0 Å². The summed E-state index contributed by atoms with van der Waals surface area (Å²) >= 11 is 0. The zero-order chi connectivity index (χ0) is 42.2. The maximum atomic E-state index is 13.6. The lowest BCUT2D eigenvalue weighted by Crippen LogP contribution is -2.29. The van der Waals surface area contributed by atoms with Crippen molar-refractivity contribution in [2.24, 2.45) is 17.8 Å². The first-order chi connectivity index (χ1) is 27.9. The van der Waals surface area contributed by atoms with Crippen LogP contribution < -0.4 is 0 Å². The molecule has 3 aliphatic heterocycles. The number of nitrogens with zero attached hydrogens (tertiary/aromatic N) is 5. The fourth-order valence-electron chi connectivity index (χ4n) is 8.70. The first-order valence-electron chi connectivity index (χ1n) is 21.0. The zero-order valence-electron chi connectivity index (χ0n) is 35.4. The second kappa shape index (κ2) is 17.6. The smallest absolute Gasteiger partial charge is 0.261 e. The lowest BCUT2D eigenvalue weighted by Gasteiger charge is -2.26. The summed E-state index contributed by atoms with van der Waals surface area (Å²) in [6.07, 6.45) is 5.99. The zero-order valence-corrected chi connectivity index (χ0v) is 37.8. The molecule has 320 valence electrons. The molecule has 0 saturated carbocycles. The van der Waals surface area contributed by atoms with E-state index in [1.807, 2.05) is 30.3 Å². The van der Waals surface area contributed by atoms with Crippen LogP contribution in [0.1, 0.15) is 90.9 Å². The van der Waals surface area contributed by atoms with E-state index in [1.54, 1.807) is 28.6 Å². The first-order valence-corrected chi connectivity index (χ1v) is 24.8. The first kappa shape index (κ1) is 43.7. The van der Waals surface area contributed by atoms with E-state index >= 15 is 0 Å². The van der Waals surface area contributed by atoms with Crippen LogP contribution in [0.4, 0.5) is 0 Å². The van der Waals surface area contributed by atoms with Gasteiger partial charge in [-0.1, -0.05) is 71.9 Å². The van der Waals surface area contributed by atoms with Gasteiger partial charge in [0.25, 0.3) is 9.05 Å². The highest BCUT2D eigenvalue weighted by atomic mass is 35.7. The van der Waals surface area contributed by atoms with Crippen LogP contribution in [0.3, 0.4) is 0 Å². The number of ether oxygens (including phenoxy) is 2. The second-order valence-corrected chi connectivity index (χ2v) is 23.2. The summed E-state index contributed by atoms with van der Waals surface area (Å²) in [4.78, 5) is 10.1. The van der Waals surface area contributed by atoms with E-state index in [9.17, 15) is 16.8 Å². The Balaban J connectivity index is 0.000000192. The van der Waals surface area contributed by atoms with Gasteiger partial charge < -0.3 is 18.6 Å². The highest BCUT2D eigenvalue weighted by Crippen LogP contribution is 2.34. The quantitative estimate of drug-likeness (QED) is 0.135. The van der Waals surface area contributed by atoms with E-state index in [4.69, 9.17) is 30.1 Å². The van der Waals surface area contributed by atoms with Gasteiger partial charge in [0.1, 0.15) is 11.6 Å². The summed E-state index contributed by atoms with van der Waals surface area (Å²) in [6.45, 7) is 19.0. The van der Waals surface area contributed by atoms with Crippen molar-refractivity contribution in [1.82, 2.24) is 23.4 Å². The number of fused-ring (bicyclic) bond motifs is 2. The standard InChI is InChI=1S/C28H37N3O3S.C17H23ClN2O3S/c1-28(2,3)27-29-25-18-24(9-10-26(25)31(27)20-22-12-15-34-16-13-22)35(32,33)30-14-11-23(19-30)17-21-7-5-4-6-8-21;1-17(2,3)16-19-14-10-13(24(18,21)22)4-5-15(14)20(16)11-12-6-8-23-9-7-12/h4-10,18,22-23H,11-17,19-20H2,1-3H3;4-5,10,12H,6-9,11H2,1-3H3. The lowest BCUT2D eigenvalue weighted by atomic mass is 9.94. The number of sulfonamides is 1. The van der Waals surface area contributed by atoms with Crippen LogP contribution in [0.25, 0.3) is 22.1 Å². The van der Waals surface area contributed by atoms with Crippen molar-refractivity contribution in [3.63, 3.8) is 0 Å². The minimum absolute atomic E-state index is 0.0906. The molecule has 0 radical (unpaired) electrons. The number of imidazole rings is 2. The average molecular weight is 867 g/mol. The molecular weight excluding hydrogens is 806 g/mol. The molecule has 0 spiro atoms. The van der Waals surface area contributed by atoms with Gasteiger partial charge in [-0.25, -0.2) is 26.8 Å². The largest absolute Gasteiger partial charge is 0.381 e. The van der Waals surface area contributed by atoms with E-state index in [-0.39, 0.29) is 15.7 Å². The second-order valence-electron chi connectivity index (χ2n) is 18.6. The molecule has 3 saturated heterocycles. The van der Waals surface area contributed by atoms with Crippen molar-refractivity contribution < 1.29 is 26.3 Å². The van der Waals surface area contributed by atoms with Crippen LogP contribution in [0.15, 0.2) is 76.5 Å². The number of hydrogen-bond donors (Lipinski definition) is 0. The van der Waals surface area contributed by atoms with E-state index in [1.165, 1.54) is 5.56 Å². The van der Waals surface area contributed by atoms with Gasteiger partial charge in [-0.2, -0.15) is 4.31 Å². The third-order valence-electron chi connectivity index (χ3n) is 11.9. The molecular formula is C45H60ClN5O6S2. The van der Waals surface area contributed by atoms with E-state index in [2.05, 4.69) is 62.8 Å². The van der Waals surface area contributed by atoms with Gasteiger partial charge in [0.15, 0.2) is 0 Å². The molecule has 59 heavy (non-hydrogen) atoms. The Labute approximate surface area is 354 Å². The van der Waals surface area contributed by atoms with Crippen molar-refractivity contribution in [1.29, 1.82) is 0 Å². The molecule has 2 aromatic heterocycles. The van der Waals surface area contributed by atoms with Crippen LogP contribution in [0.5, 0.6) is 0 Å². The summed E-state index contributed by atoms with van der Waals surface area (Å²) in [6, 6.07) is 20.8. The topological polar surface area (TPSA) is 126 Å². The minimum Gasteiger partial charge on any atom is -0.381 e. The number of rotatable bonds is 9. The number of hydrogen-bond acceptors (Lipinski definition) is 8. The third-order valence-corrected chi connectivity index (χ3v) is 15.1. The molecule has 8 rings (SSSR count). The monoisotopic (exact) mass is 865 g/mol. The highest BCUT2D eigenvalue weighted by molar-refractivity contribution is 8.13. The SMILES string of the molecule is CC(C)(C)c1nc2cc(S(=O)(=O)Cl)ccc2n1CC1CCOCC1.CC(C)(C)c1nc2cc(S(=O)(=O)N3CCC(Cc4ccccc4)C3)ccc2n1CC1CCOCC1. The number of benzene rings is 3. The molecule has 14 heteroatoms. The van der Waals surface area contributed by atoms with Gasteiger partial charge >= 0.3 is 0 Å². The van der Waals surface area contributed by atoms with Gasteiger partial charge in [-0.15, -0.1) is 0 Å². The third kappa shape index (κ3) is 10.2. The minimum atomic E-state index is -3.75. The van der Waals surface area contributed by atoms with Crippen LogP contribution in [-0.4, -0.2) is 79.8 Å². The Bertz CT molecular complexity index is 2460. The predicted molar refractivity (Wildman–Crippen MR) is 234 cm³/mol. The van der Waals surface area contributed by atoms with Gasteiger partial charge in [-0.3, -0.25) is 0 Å². The molecule has 1 unspecified atom stereocenters. The molecule has 3 aliphatic rings. The summed E-state index contributed by atoms with van der Waals surface area (Å²) in [5.41, 5.74) is 4.41. The van der Waals surface area contributed by atoms with Gasteiger partial charge in [0.2, 0.25) is 10.0 Å². The summed E-state index contributed by atoms with van der Waals surface area (Å²) in [5, 5.41) is 0. The van der Waals surface area contributed by atoms with Crippen molar-refractivity contribution in [2.75, 3.05) is 39.5 Å². The maximum absolute atomic E-state index is 13.6. The van der Waals surface area contributed by atoms with Crippen molar-refractivity contribution in [3.05, 3.63) is 83.9 Å². The summed E-state index contributed by atoms with van der Waals surface area (Å²) in [7, 11) is -1.83. The highest BCUT2D eigenvalue weighted by Gasteiger charge is 2.34. The fraction of sp³-hybridized carbons (Fsp3) is 0.556. The molecule has 3 fully saturated rings. The number of aromatic nitrogens is 4. The van der Waals surface area contributed by atoms with E-state index in [0.717, 1.165) is 106 Å². The molecule has 3 aromatic carbocycles. The lowest BCUT2D eigenvalue weighted by molar-refractivity contribution is 0.0610. The van der Waals surface area contributed by atoms with Crippen LogP contribution in [0, 0.1) is 17.8 Å². The molecule has 5 heterocycles. The van der Waals surface area contributed by atoms with E-state index in [0.29, 0.717) is 41.3 Å². The van der Waals surface area contributed by atoms with Crippen molar-refractivity contribution >= 4 is 51.8 Å². The maximum Gasteiger partial charge on any atom is 0.261 e. The van der Waals surface area contributed by atoms with Crippen LogP contribution in [-0.2, 0) is 58.9 Å². The van der Waals surface area contributed by atoms with E-state index < -0.39 is 19.1 Å². The van der Waals surface area contributed by atoms with Crippen molar-refractivity contribution in [2.45, 2.75) is 114 Å². The molecule has 0 N–H and O–H groups in total. The normalized spacial score (nSPS) is 19.3.